The highest BCUT2D eigenvalue weighted by Gasteiger charge is 2.21. The molecule has 0 unspecified atom stereocenters. The molecule has 0 saturated heterocycles. The normalized spacial score (nSPS) is 14.4. The summed E-state index contributed by atoms with van der Waals surface area (Å²) in [6, 6.07) is 8.70. The van der Waals surface area contributed by atoms with Crippen molar-refractivity contribution in [1.29, 1.82) is 0 Å². The Kier molecular flexibility index (Phi) is 7.17. The number of rotatable bonds is 7. The lowest BCUT2D eigenvalue weighted by molar-refractivity contribution is -0.136. The zero-order valence-corrected chi connectivity index (χ0v) is 17.6. The number of allylic oxidation sites excluding steroid dienone is 2. The quantitative estimate of drug-likeness (QED) is 0.590. The van der Waals surface area contributed by atoms with Gasteiger partial charge in [-0.05, 0) is 42.5 Å². The van der Waals surface area contributed by atoms with E-state index in [2.05, 4.69) is 69.5 Å². The van der Waals surface area contributed by atoms with Crippen molar-refractivity contribution in [3.8, 4) is 0 Å². The summed E-state index contributed by atoms with van der Waals surface area (Å²) in [5, 5.41) is 3.41. The van der Waals surface area contributed by atoms with E-state index >= 15 is 0 Å². The molecular weight excluding hydrogens is 335 g/mol. The largest absolute Gasteiger partial charge is 0.466 e. The van der Waals surface area contributed by atoms with Crippen LogP contribution in [0.4, 0.5) is 5.69 Å². The summed E-state index contributed by atoms with van der Waals surface area (Å²) in [7, 11) is 3.71. The second kappa shape index (κ2) is 9.16. The molecule has 1 aromatic carbocycles. The van der Waals surface area contributed by atoms with Crippen LogP contribution >= 0.6 is 0 Å². The Morgan fingerprint density at radius 2 is 1.93 bits per heavy atom. The predicted octanol–water partition coefficient (Wildman–Crippen LogP) is 3.63. The third-order valence-corrected chi connectivity index (χ3v) is 4.53. The number of nitrogens with one attached hydrogen (secondary N) is 1. The molecule has 0 fully saturated rings. The molecule has 0 saturated carbocycles. The molecular formula is C22H32BN2O2. The lowest BCUT2D eigenvalue weighted by atomic mass is 9.60. The number of carbonyl (C=O) groups excluding carboxylic acids is 1. The second-order valence-corrected chi connectivity index (χ2v) is 8.26. The highest BCUT2D eigenvalue weighted by molar-refractivity contribution is 6.53. The number of nitrogens with zero attached hydrogens (tertiary/aromatic N) is 1. The number of esters is 1. The van der Waals surface area contributed by atoms with Crippen LogP contribution in [0, 0.1) is 5.41 Å². The fraction of sp³-hybridized carbons (Fsp3) is 0.500. The van der Waals surface area contributed by atoms with Crippen molar-refractivity contribution in [3.05, 3.63) is 47.3 Å². The van der Waals surface area contributed by atoms with Gasteiger partial charge in [-0.15, -0.1) is 0 Å². The van der Waals surface area contributed by atoms with Gasteiger partial charge in [-0.25, -0.2) is 4.79 Å². The zero-order valence-electron chi connectivity index (χ0n) is 17.6. The molecule has 0 bridgehead atoms. The number of dihydropyridines is 1. The predicted molar refractivity (Wildman–Crippen MR) is 115 cm³/mol. The lowest BCUT2D eigenvalue weighted by Crippen LogP contribution is -2.37. The molecule has 1 aliphatic heterocycles. The van der Waals surface area contributed by atoms with Gasteiger partial charge in [-0.3, -0.25) is 0 Å². The molecule has 0 aromatic heterocycles. The molecule has 2 rings (SSSR count). The zero-order chi connectivity index (χ0) is 20.0. The maximum atomic E-state index is 11.8. The van der Waals surface area contributed by atoms with Gasteiger partial charge in [0.25, 0.3) is 0 Å². The molecule has 0 atom stereocenters. The maximum Gasteiger partial charge on any atom is 0.335 e. The van der Waals surface area contributed by atoms with Gasteiger partial charge >= 0.3 is 5.97 Å². The van der Waals surface area contributed by atoms with E-state index in [1.54, 1.807) is 0 Å². The molecule has 0 spiro atoms. The van der Waals surface area contributed by atoms with Gasteiger partial charge in [0, 0.05) is 18.8 Å². The number of methoxy groups -OCH3 is 1. The van der Waals surface area contributed by atoms with E-state index in [1.807, 2.05) is 13.0 Å². The van der Waals surface area contributed by atoms with E-state index in [-0.39, 0.29) is 5.97 Å². The minimum Gasteiger partial charge on any atom is -0.466 e. The molecule has 1 aliphatic rings. The summed E-state index contributed by atoms with van der Waals surface area (Å²) in [5.41, 5.74) is 4.40. The van der Waals surface area contributed by atoms with E-state index in [1.165, 1.54) is 12.6 Å². The molecule has 1 heterocycles. The Bertz CT molecular complexity index is 715. The molecule has 4 nitrogen and oxygen atoms in total. The summed E-state index contributed by atoms with van der Waals surface area (Å²) < 4.78 is 4.84. The third kappa shape index (κ3) is 5.91. The monoisotopic (exact) mass is 367 g/mol. The molecule has 0 aliphatic carbocycles. The summed E-state index contributed by atoms with van der Waals surface area (Å²) in [6.45, 7) is 12.3. The van der Waals surface area contributed by atoms with Gasteiger partial charge in [0.1, 0.15) is 5.82 Å². The van der Waals surface area contributed by atoms with Crippen molar-refractivity contribution in [2.24, 2.45) is 5.41 Å². The molecule has 27 heavy (non-hydrogen) atoms. The van der Waals surface area contributed by atoms with Crippen molar-refractivity contribution in [1.82, 2.24) is 5.32 Å². The van der Waals surface area contributed by atoms with Gasteiger partial charge in [0.15, 0.2) is 7.28 Å². The fourth-order valence-corrected chi connectivity index (χ4v) is 3.08. The average Bonchev–Trinajstić information content (AvgIpc) is 2.64. The minimum atomic E-state index is -0.276. The summed E-state index contributed by atoms with van der Waals surface area (Å²) in [5.74, 6) is 0.776. The van der Waals surface area contributed by atoms with E-state index in [9.17, 15) is 4.79 Å². The van der Waals surface area contributed by atoms with E-state index < -0.39 is 0 Å². The maximum absolute atomic E-state index is 11.8. The van der Waals surface area contributed by atoms with Gasteiger partial charge in [-0.1, -0.05) is 51.6 Å². The van der Waals surface area contributed by atoms with Crippen molar-refractivity contribution >= 4 is 24.4 Å². The fourth-order valence-electron chi connectivity index (χ4n) is 3.08. The van der Waals surface area contributed by atoms with Gasteiger partial charge in [0.05, 0.1) is 12.7 Å². The SMILES string of the molecule is CCCN(C1=C(C)C=C(C(=O)OC)CN1)c1ccc([B]CC(C)(C)C)cc1. The van der Waals surface area contributed by atoms with Crippen molar-refractivity contribution in [2.75, 3.05) is 25.1 Å². The Morgan fingerprint density at radius 3 is 2.44 bits per heavy atom. The first-order valence-corrected chi connectivity index (χ1v) is 9.69. The van der Waals surface area contributed by atoms with Crippen LogP contribution in [-0.4, -0.2) is 33.4 Å². The minimum absolute atomic E-state index is 0.276. The van der Waals surface area contributed by atoms with E-state index in [0.29, 0.717) is 17.5 Å². The van der Waals surface area contributed by atoms with Crippen LogP contribution in [0.2, 0.25) is 6.32 Å². The third-order valence-electron chi connectivity index (χ3n) is 4.53. The van der Waals surface area contributed by atoms with Gasteiger partial charge in [0.2, 0.25) is 0 Å². The topological polar surface area (TPSA) is 41.6 Å². The molecule has 0 amide bonds. The van der Waals surface area contributed by atoms with E-state index in [4.69, 9.17) is 4.74 Å². The van der Waals surface area contributed by atoms with Crippen LogP contribution in [-0.2, 0) is 9.53 Å². The number of anilines is 1. The summed E-state index contributed by atoms with van der Waals surface area (Å²) >= 11 is 0. The van der Waals surface area contributed by atoms with Crippen molar-refractivity contribution in [2.45, 2.75) is 47.4 Å². The van der Waals surface area contributed by atoms with Gasteiger partial charge in [-0.2, -0.15) is 0 Å². The number of ether oxygens (including phenoxy) is 1. The second-order valence-electron chi connectivity index (χ2n) is 8.26. The Hall–Kier alpha value is -2.17. The average molecular weight is 367 g/mol. The lowest BCUT2D eigenvalue weighted by Gasteiger charge is -2.32. The van der Waals surface area contributed by atoms with Crippen LogP contribution in [0.3, 0.4) is 0 Å². The Morgan fingerprint density at radius 1 is 1.26 bits per heavy atom. The van der Waals surface area contributed by atoms with Crippen LogP contribution in [0.1, 0.15) is 41.0 Å². The van der Waals surface area contributed by atoms with Gasteiger partial charge < -0.3 is 15.0 Å². The smallest absolute Gasteiger partial charge is 0.335 e. The number of hydrogen-bond donors (Lipinski definition) is 1. The van der Waals surface area contributed by atoms with Crippen LogP contribution in [0.5, 0.6) is 0 Å². The number of benzene rings is 1. The molecule has 1 N–H and O–H groups in total. The van der Waals surface area contributed by atoms with E-state index in [0.717, 1.165) is 36.4 Å². The highest BCUT2D eigenvalue weighted by atomic mass is 16.5. The highest BCUT2D eigenvalue weighted by Crippen LogP contribution is 2.24. The van der Waals surface area contributed by atoms with Crippen LogP contribution in [0.25, 0.3) is 0 Å². The number of carbonyl (C=O) groups is 1. The number of hydrogen-bond acceptors (Lipinski definition) is 4. The summed E-state index contributed by atoms with van der Waals surface area (Å²) in [6.07, 6.45) is 4.01. The Labute approximate surface area is 164 Å². The molecule has 1 aromatic rings. The molecule has 1 radical (unpaired) electrons. The molecule has 145 valence electrons. The molecule has 5 heteroatoms. The standard InChI is InChI=1S/C22H32BN2O2/c1-7-12-25(20-16(2)13-17(14-24-20)21(26)27-6)19-10-8-18(9-11-19)23-15-22(3,4)5/h8-11,13,24H,7,12,14-15H2,1-6H3. The van der Waals surface area contributed by atoms with Crippen LogP contribution < -0.4 is 15.7 Å². The van der Waals surface area contributed by atoms with Crippen LogP contribution in [0.15, 0.2) is 47.3 Å². The summed E-state index contributed by atoms with van der Waals surface area (Å²) in [4.78, 5) is 14.1. The van der Waals surface area contributed by atoms with Crippen molar-refractivity contribution in [3.63, 3.8) is 0 Å². The first-order valence-electron chi connectivity index (χ1n) is 9.69. The van der Waals surface area contributed by atoms with Crippen molar-refractivity contribution < 1.29 is 9.53 Å². The first kappa shape index (κ1) is 21.1. The Balaban J connectivity index is 2.22. The first-order chi connectivity index (χ1) is 12.7.